The maximum absolute atomic E-state index is 12.7. The van der Waals surface area contributed by atoms with Gasteiger partial charge >= 0.3 is 0 Å². The number of rotatable bonds is 3. The quantitative estimate of drug-likeness (QED) is 0.935. The summed E-state index contributed by atoms with van der Waals surface area (Å²) in [7, 11) is 0. The summed E-state index contributed by atoms with van der Waals surface area (Å²) in [5.74, 6) is 0.757. The van der Waals surface area contributed by atoms with Gasteiger partial charge in [0.2, 0.25) is 0 Å². The SMILES string of the molecule is NC[C@@]12C[C@@H]1CN(C(=O)c1ccc(-c3cccc(Cl)c3)s1)C2. The molecule has 4 rings (SSSR count). The molecule has 0 spiro atoms. The minimum absolute atomic E-state index is 0.137. The van der Waals surface area contributed by atoms with Gasteiger partial charge in [0.15, 0.2) is 0 Å². The minimum atomic E-state index is 0.137. The molecule has 2 fully saturated rings. The van der Waals surface area contributed by atoms with Gasteiger partial charge in [-0.05, 0) is 48.7 Å². The molecule has 1 aliphatic heterocycles. The van der Waals surface area contributed by atoms with Crippen LogP contribution >= 0.6 is 22.9 Å². The van der Waals surface area contributed by atoms with Crippen molar-refractivity contribution in [1.82, 2.24) is 4.90 Å². The number of carbonyl (C=O) groups is 1. The molecule has 22 heavy (non-hydrogen) atoms. The molecule has 1 aromatic carbocycles. The lowest BCUT2D eigenvalue weighted by Gasteiger charge is -2.19. The van der Waals surface area contributed by atoms with E-state index >= 15 is 0 Å². The number of nitrogens with zero attached hydrogens (tertiary/aromatic N) is 1. The van der Waals surface area contributed by atoms with Crippen molar-refractivity contribution in [3.8, 4) is 10.4 Å². The van der Waals surface area contributed by atoms with E-state index in [1.165, 1.54) is 17.8 Å². The average molecular weight is 333 g/mol. The third-order valence-electron chi connectivity index (χ3n) is 4.93. The lowest BCUT2D eigenvalue weighted by molar-refractivity contribution is 0.0770. The summed E-state index contributed by atoms with van der Waals surface area (Å²) < 4.78 is 0. The van der Waals surface area contributed by atoms with Crippen LogP contribution in [0.2, 0.25) is 5.02 Å². The Morgan fingerprint density at radius 2 is 2.27 bits per heavy atom. The Hall–Kier alpha value is -1.36. The first-order valence-corrected chi connectivity index (χ1v) is 8.66. The zero-order valence-electron chi connectivity index (χ0n) is 12.1. The van der Waals surface area contributed by atoms with Crippen molar-refractivity contribution >= 4 is 28.8 Å². The van der Waals surface area contributed by atoms with Gasteiger partial charge in [-0.2, -0.15) is 0 Å². The number of hydrogen-bond donors (Lipinski definition) is 1. The fraction of sp³-hybridized carbons (Fsp3) is 0.353. The van der Waals surface area contributed by atoms with Crippen molar-refractivity contribution < 1.29 is 4.79 Å². The smallest absolute Gasteiger partial charge is 0.263 e. The number of amides is 1. The van der Waals surface area contributed by atoms with Gasteiger partial charge in [-0.1, -0.05) is 23.7 Å². The Bertz CT molecular complexity index is 740. The first-order valence-electron chi connectivity index (χ1n) is 7.46. The zero-order chi connectivity index (χ0) is 15.3. The molecule has 0 bridgehead atoms. The highest BCUT2D eigenvalue weighted by molar-refractivity contribution is 7.17. The molecular formula is C17H17ClN2OS. The summed E-state index contributed by atoms with van der Waals surface area (Å²) in [5, 5.41) is 0.711. The molecule has 1 aromatic heterocycles. The second-order valence-corrected chi connectivity index (χ2v) is 7.85. The predicted octanol–water partition coefficient (Wildman–Crippen LogP) is 3.49. The van der Waals surface area contributed by atoms with E-state index in [2.05, 4.69) is 0 Å². The van der Waals surface area contributed by atoms with Gasteiger partial charge < -0.3 is 10.6 Å². The van der Waals surface area contributed by atoms with Crippen molar-refractivity contribution in [2.24, 2.45) is 17.1 Å². The molecule has 5 heteroatoms. The molecule has 114 valence electrons. The summed E-state index contributed by atoms with van der Waals surface area (Å²) in [6, 6.07) is 11.6. The van der Waals surface area contributed by atoms with E-state index in [0.717, 1.165) is 28.4 Å². The Morgan fingerprint density at radius 3 is 3.00 bits per heavy atom. The van der Waals surface area contributed by atoms with E-state index in [1.807, 2.05) is 41.3 Å². The van der Waals surface area contributed by atoms with Gasteiger partial charge in [-0.15, -0.1) is 11.3 Å². The first-order chi connectivity index (χ1) is 10.6. The fourth-order valence-corrected chi connectivity index (χ4v) is 4.63. The normalized spacial score (nSPS) is 26.1. The molecule has 1 saturated carbocycles. The standard InChI is InChI=1S/C17H17ClN2OS/c18-13-3-1-2-11(6-13)14-4-5-15(22-14)16(21)20-8-12-7-17(12,9-19)10-20/h1-6,12H,7-10,19H2/t12-,17-/m1/s1. The molecule has 2 aromatic rings. The van der Waals surface area contributed by atoms with Crippen molar-refractivity contribution in [2.45, 2.75) is 6.42 Å². The average Bonchev–Trinajstić information content (AvgIpc) is 2.92. The fourth-order valence-electron chi connectivity index (χ4n) is 3.47. The molecule has 2 atom stereocenters. The molecule has 1 aliphatic carbocycles. The van der Waals surface area contributed by atoms with Crippen LogP contribution in [0.5, 0.6) is 0 Å². The largest absolute Gasteiger partial charge is 0.337 e. The second kappa shape index (κ2) is 5.08. The summed E-state index contributed by atoms with van der Waals surface area (Å²) in [6.07, 6.45) is 1.19. The van der Waals surface area contributed by atoms with Crippen LogP contribution in [0.1, 0.15) is 16.1 Å². The number of nitrogens with two attached hydrogens (primary N) is 1. The molecule has 2 N–H and O–H groups in total. The van der Waals surface area contributed by atoms with E-state index in [0.29, 0.717) is 17.5 Å². The van der Waals surface area contributed by atoms with Crippen LogP contribution in [0.3, 0.4) is 0 Å². The van der Waals surface area contributed by atoms with E-state index in [4.69, 9.17) is 17.3 Å². The van der Waals surface area contributed by atoms with E-state index in [9.17, 15) is 4.79 Å². The number of likely N-dealkylation sites (tertiary alicyclic amines) is 1. The van der Waals surface area contributed by atoms with E-state index < -0.39 is 0 Å². The third kappa shape index (κ3) is 2.26. The maximum Gasteiger partial charge on any atom is 0.263 e. The second-order valence-electron chi connectivity index (χ2n) is 6.33. The molecule has 2 aliphatic rings. The van der Waals surface area contributed by atoms with Crippen LogP contribution in [0.4, 0.5) is 0 Å². The molecule has 1 saturated heterocycles. The lowest BCUT2D eigenvalue weighted by atomic mass is 10.1. The Kier molecular flexibility index (Phi) is 3.29. The highest BCUT2D eigenvalue weighted by atomic mass is 35.5. The van der Waals surface area contributed by atoms with Gasteiger partial charge in [0.25, 0.3) is 5.91 Å². The number of halogens is 1. The summed E-state index contributed by atoms with van der Waals surface area (Å²) in [5.41, 5.74) is 7.14. The van der Waals surface area contributed by atoms with Crippen LogP contribution in [0, 0.1) is 11.3 Å². The van der Waals surface area contributed by atoms with Crippen LogP contribution in [-0.4, -0.2) is 30.4 Å². The summed E-state index contributed by atoms with van der Waals surface area (Å²) in [4.78, 5) is 16.5. The first kappa shape index (κ1) is 14.2. The van der Waals surface area contributed by atoms with Crippen LogP contribution in [0.15, 0.2) is 36.4 Å². The summed E-state index contributed by atoms with van der Waals surface area (Å²) >= 11 is 7.57. The molecule has 2 heterocycles. The number of thiophene rings is 1. The van der Waals surface area contributed by atoms with Gasteiger partial charge in [-0.25, -0.2) is 0 Å². The van der Waals surface area contributed by atoms with Crippen LogP contribution in [-0.2, 0) is 0 Å². The molecule has 0 radical (unpaired) electrons. The van der Waals surface area contributed by atoms with Crippen molar-refractivity contribution in [3.05, 3.63) is 46.3 Å². The Labute approximate surface area is 138 Å². The third-order valence-corrected chi connectivity index (χ3v) is 6.28. The molecule has 3 nitrogen and oxygen atoms in total. The Morgan fingerprint density at radius 1 is 1.41 bits per heavy atom. The monoisotopic (exact) mass is 332 g/mol. The molecular weight excluding hydrogens is 316 g/mol. The number of piperidine rings is 1. The van der Waals surface area contributed by atoms with Crippen LogP contribution in [0.25, 0.3) is 10.4 Å². The minimum Gasteiger partial charge on any atom is -0.337 e. The van der Waals surface area contributed by atoms with Gasteiger partial charge in [-0.3, -0.25) is 4.79 Å². The highest BCUT2D eigenvalue weighted by Crippen LogP contribution is 2.57. The van der Waals surface area contributed by atoms with Gasteiger partial charge in [0.05, 0.1) is 4.88 Å². The van der Waals surface area contributed by atoms with Gasteiger partial charge in [0.1, 0.15) is 0 Å². The number of hydrogen-bond acceptors (Lipinski definition) is 3. The Balaban J connectivity index is 1.53. The molecule has 1 amide bonds. The van der Waals surface area contributed by atoms with Crippen LogP contribution < -0.4 is 5.73 Å². The van der Waals surface area contributed by atoms with Gasteiger partial charge in [0, 0.05) is 28.4 Å². The summed E-state index contributed by atoms with van der Waals surface area (Å²) in [6.45, 7) is 2.37. The number of fused-ring (bicyclic) bond motifs is 1. The van der Waals surface area contributed by atoms with Crippen molar-refractivity contribution in [1.29, 1.82) is 0 Å². The zero-order valence-corrected chi connectivity index (χ0v) is 13.7. The van der Waals surface area contributed by atoms with E-state index in [-0.39, 0.29) is 11.3 Å². The maximum atomic E-state index is 12.7. The molecule has 0 unspecified atom stereocenters. The van der Waals surface area contributed by atoms with Crippen molar-refractivity contribution in [2.75, 3.05) is 19.6 Å². The predicted molar refractivity (Wildman–Crippen MR) is 90.3 cm³/mol. The lowest BCUT2D eigenvalue weighted by Crippen LogP contribution is -2.33. The van der Waals surface area contributed by atoms with E-state index in [1.54, 1.807) is 0 Å². The number of carbonyl (C=O) groups excluding carboxylic acids is 1. The highest BCUT2D eigenvalue weighted by Gasteiger charge is 2.59. The number of benzene rings is 1. The topological polar surface area (TPSA) is 46.3 Å². The van der Waals surface area contributed by atoms with Crippen molar-refractivity contribution in [3.63, 3.8) is 0 Å².